The van der Waals surface area contributed by atoms with Gasteiger partial charge >= 0.3 is 0 Å². The lowest BCUT2D eigenvalue weighted by molar-refractivity contribution is -0.128. The SMILES string of the molecule is Cc1nn(C)cc1CN1CCC2(CC1)CC(=O)N(Cc1ccc(Cl)cc1)C2. The molecule has 0 radical (unpaired) electrons. The summed E-state index contributed by atoms with van der Waals surface area (Å²) in [6, 6.07) is 7.82. The smallest absolute Gasteiger partial charge is 0.223 e. The zero-order valence-corrected chi connectivity index (χ0v) is 16.9. The van der Waals surface area contributed by atoms with Gasteiger partial charge in [0.15, 0.2) is 0 Å². The Kier molecular flexibility index (Phi) is 4.99. The Balaban J connectivity index is 1.34. The van der Waals surface area contributed by atoms with Crippen LogP contribution in [-0.2, 0) is 24.9 Å². The number of rotatable bonds is 4. The van der Waals surface area contributed by atoms with Crippen molar-refractivity contribution in [1.29, 1.82) is 0 Å². The lowest BCUT2D eigenvalue weighted by Crippen LogP contribution is -2.41. The second kappa shape index (κ2) is 7.28. The van der Waals surface area contributed by atoms with Crippen LogP contribution in [0.2, 0.25) is 5.02 Å². The number of amides is 1. The Morgan fingerprint density at radius 2 is 1.85 bits per heavy atom. The van der Waals surface area contributed by atoms with Crippen molar-refractivity contribution in [3.8, 4) is 0 Å². The van der Waals surface area contributed by atoms with Gasteiger partial charge in [-0.3, -0.25) is 14.4 Å². The molecule has 2 saturated heterocycles. The lowest BCUT2D eigenvalue weighted by atomic mass is 9.77. The molecule has 1 aromatic heterocycles. The molecule has 1 spiro atoms. The maximum atomic E-state index is 12.6. The summed E-state index contributed by atoms with van der Waals surface area (Å²) in [6.07, 6.45) is 5.00. The average Bonchev–Trinajstić information content (AvgIpc) is 3.11. The molecule has 144 valence electrons. The van der Waals surface area contributed by atoms with Crippen LogP contribution in [0.25, 0.3) is 0 Å². The molecule has 3 heterocycles. The van der Waals surface area contributed by atoms with E-state index in [1.165, 1.54) is 5.56 Å². The first-order valence-electron chi connectivity index (χ1n) is 9.66. The maximum absolute atomic E-state index is 12.6. The summed E-state index contributed by atoms with van der Waals surface area (Å²) in [5, 5.41) is 5.18. The van der Waals surface area contributed by atoms with Crippen molar-refractivity contribution < 1.29 is 4.79 Å². The van der Waals surface area contributed by atoms with Crippen LogP contribution >= 0.6 is 11.6 Å². The molecule has 0 unspecified atom stereocenters. The van der Waals surface area contributed by atoms with E-state index in [4.69, 9.17) is 11.6 Å². The van der Waals surface area contributed by atoms with Crippen molar-refractivity contribution in [2.45, 2.75) is 39.3 Å². The van der Waals surface area contributed by atoms with Gasteiger partial charge in [-0.1, -0.05) is 23.7 Å². The summed E-state index contributed by atoms with van der Waals surface area (Å²) in [6.45, 7) is 6.71. The van der Waals surface area contributed by atoms with Crippen molar-refractivity contribution >= 4 is 17.5 Å². The summed E-state index contributed by atoms with van der Waals surface area (Å²) in [5.41, 5.74) is 3.72. The second-order valence-corrected chi connectivity index (χ2v) is 8.68. The summed E-state index contributed by atoms with van der Waals surface area (Å²) in [7, 11) is 1.97. The van der Waals surface area contributed by atoms with Crippen LogP contribution in [-0.4, -0.2) is 45.1 Å². The van der Waals surface area contributed by atoms with Crippen molar-refractivity contribution in [3.05, 3.63) is 52.3 Å². The first kappa shape index (κ1) is 18.5. The van der Waals surface area contributed by atoms with Gasteiger partial charge in [-0.05, 0) is 56.0 Å². The van der Waals surface area contributed by atoms with Crippen molar-refractivity contribution in [2.24, 2.45) is 12.5 Å². The van der Waals surface area contributed by atoms with Gasteiger partial charge in [0.05, 0.1) is 5.69 Å². The Labute approximate surface area is 165 Å². The minimum absolute atomic E-state index is 0.157. The minimum Gasteiger partial charge on any atom is -0.338 e. The molecule has 0 atom stereocenters. The molecular formula is C21H27ClN4O. The Bertz CT molecular complexity index is 821. The molecule has 1 aromatic carbocycles. The summed E-state index contributed by atoms with van der Waals surface area (Å²) >= 11 is 5.97. The van der Waals surface area contributed by atoms with Crippen LogP contribution in [0.15, 0.2) is 30.5 Å². The highest BCUT2D eigenvalue weighted by Crippen LogP contribution is 2.41. The lowest BCUT2D eigenvalue weighted by Gasteiger charge is -2.38. The first-order chi connectivity index (χ1) is 12.9. The van der Waals surface area contributed by atoms with Gasteiger partial charge in [-0.25, -0.2) is 0 Å². The largest absolute Gasteiger partial charge is 0.338 e. The van der Waals surface area contributed by atoms with Crippen molar-refractivity contribution in [2.75, 3.05) is 19.6 Å². The number of hydrogen-bond acceptors (Lipinski definition) is 3. The Hall–Kier alpha value is -1.85. The fraction of sp³-hybridized carbons (Fsp3) is 0.524. The van der Waals surface area contributed by atoms with Crippen LogP contribution in [0, 0.1) is 12.3 Å². The number of aryl methyl sites for hydroxylation is 2. The number of hydrogen-bond donors (Lipinski definition) is 0. The van der Waals surface area contributed by atoms with Gasteiger partial charge in [-0.2, -0.15) is 5.10 Å². The van der Waals surface area contributed by atoms with Crippen molar-refractivity contribution in [3.63, 3.8) is 0 Å². The van der Waals surface area contributed by atoms with E-state index in [2.05, 4.69) is 23.1 Å². The van der Waals surface area contributed by atoms with Crippen LogP contribution in [0.5, 0.6) is 0 Å². The van der Waals surface area contributed by atoms with Gasteiger partial charge in [0, 0.05) is 49.9 Å². The Morgan fingerprint density at radius 1 is 1.15 bits per heavy atom. The highest BCUT2D eigenvalue weighted by molar-refractivity contribution is 6.30. The van der Waals surface area contributed by atoms with Crippen LogP contribution in [0.1, 0.15) is 36.1 Å². The fourth-order valence-electron chi connectivity index (χ4n) is 4.50. The minimum atomic E-state index is 0.157. The quantitative estimate of drug-likeness (QED) is 0.808. The zero-order chi connectivity index (χ0) is 19.0. The topological polar surface area (TPSA) is 41.4 Å². The number of carbonyl (C=O) groups excluding carboxylic acids is 1. The molecule has 0 bridgehead atoms. The molecule has 0 saturated carbocycles. The molecule has 2 aromatic rings. The standard InChI is InChI=1S/C21H27ClN4O/c1-16-18(13-24(2)23-16)14-25-9-7-21(8-10-25)11-20(27)26(15-21)12-17-3-5-19(22)6-4-17/h3-6,13H,7-12,14-15H2,1-2H3. The number of likely N-dealkylation sites (tertiary alicyclic amines) is 2. The first-order valence-corrected chi connectivity index (χ1v) is 10.0. The number of nitrogens with zero attached hydrogens (tertiary/aromatic N) is 4. The van der Waals surface area contributed by atoms with Crippen LogP contribution < -0.4 is 0 Å². The predicted molar refractivity (Wildman–Crippen MR) is 106 cm³/mol. The number of piperidine rings is 1. The average molecular weight is 387 g/mol. The third-order valence-electron chi connectivity index (χ3n) is 6.12. The van der Waals surface area contributed by atoms with E-state index in [1.807, 2.05) is 40.9 Å². The predicted octanol–water partition coefficient (Wildman–Crippen LogP) is 3.40. The molecule has 5 nitrogen and oxygen atoms in total. The molecule has 4 rings (SSSR count). The molecular weight excluding hydrogens is 360 g/mol. The molecule has 0 N–H and O–H groups in total. The van der Waals surface area contributed by atoms with Crippen LogP contribution in [0.3, 0.4) is 0 Å². The number of benzene rings is 1. The maximum Gasteiger partial charge on any atom is 0.223 e. The van der Waals surface area contributed by atoms with E-state index in [0.29, 0.717) is 18.9 Å². The molecule has 0 aliphatic carbocycles. The third kappa shape index (κ3) is 4.04. The molecule has 2 aliphatic heterocycles. The van der Waals surface area contributed by atoms with Crippen LogP contribution in [0.4, 0.5) is 0 Å². The number of halogens is 1. The highest BCUT2D eigenvalue weighted by Gasteiger charge is 2.44. The zero-order valence-electron chi connectivity index (χ0n) is 16.1. The third-order valence-corrected chi connectivity index (χ3v) is 6.37. The van der Waals surface area contributed by atoms with E-state index in [0.717, 1.165) is 55.3 Å². The monoisotopic (exact) mass is 386 g/mol. The molecule has 27 heavy (non-hydrogen) atoms. The summed E-state index contributed by atoms with van der Waals surface area (Å²) < 4.78 is 1.89. The molecule has 2 fully saturated rings. The number of carbonyl (C=O) groups is 1. The fourth-order valence-corrected chi connectivity index (χ4v) is 4.63. The second-order valence-electron chi connectivity index (χ2n) is 8.24. The normalized spacial score (nSPS) is 20.0. The number of aromatic nitrogens is 2. The van der Waals surface area contributed by atoms with E-state index in [-0.39, 0.29) is 5.41 Å². The molecule has 6 heteroatoms. The van der Waals surface area contributed by atoms with Gasteiger partial charge in [0.25, 0.3) is 0 Å². The van der Waals surface area contributed by atoms with E-state index in [9.17, 15) is 4.79 Å². The van der Waals surface area contributed by atoms with E-state index < -0.39 is 0 Å². The Morgan fingerprint density at radius 3 is 2.48 bits per heavy atom. The molecule has 1 amide bonds. The van der Waals surface area contributed by atoms with Gasteiger partial charge in [0.1, 0.15) is 0 Å². The van der Waals surface area contributed by atoms with Crippen molar-refractivity contribution in [1.82, 2.24) is 19.6 Å². The van der Waals surface area contributed by atoms with E-state index in [1.54, 1.807) is 0 Å². The van der Waals surface area contributed by atoms with Gasteiger partial charge in [-0.15, -0.1) is 0 Å². The highest BCUT2D eigenvalue weighted by atomic mass is 35.5. The van der Waals surface area contributed by atoms with Gasteiger partial charge < -0.3 is 4.90 Å². The molecule has 2 aliphatic rings. The summed E-state index contributed by atoms with van der Waals surface area (Å²) in [5.74, 6) is 0.293. The van der Waals surface area contributed by atoms with Gasteiger partial charge in [0.2, 0.25) is 5.91 Å². The summed E-state index contributed by atoms with van der Waals surface area (Å²) in [4.78, 5) is 17.1. The van der Waals surface area contributed by atoms with E-state index >= 15 is 0 Å².